The number of ether oxygens (including phenoxy) is 1. The Labute approximate surface area is 163 Å². The average molecular weight is 384 g/mol. The molecule has 0 aromatic rings. The third kappa shape index (κ3) is 8.47. The quantitative estimate of drug-likeness (QED) is 0.681. The normalized spacial score (nSPS) is 20.6. The largest absolute Gasteiger partial charge is 0.481 e. The molecule has 2 fully saturated rings. The van der Waals surface area contributed by atoms with E-state index >= 15 is 0 Å². The van der Waals surface area contributed by atoms with E-state index in [1.165, 1.54) is 0 Å². The summed E-state index contributed by atoms with van der Waals surface area (Å²) in [5.74, 6) is -0.0386. The lowest BCUT2D eigenvalue weighted by molar-refractivity contribution is -0.137. The number of nitrogens with zero attached hydrogens (tertiary/aromatic N) is 3. The number of carboxylic acid groups (broad SMARTS) is 1. The molecule has 1 amide bonds. The lowest BCUT2D eigenvalue weighted by atomic mass is 9.96. The highest BCUT2D eigenvalue weighted by molar-refractivity contribution is 5.68. The molecule has 156 valence electrons. The first-order chi connectivity index (χ1) is 12.7. The van der Waals surface area contributed by atoms with Gasteiger partial charge in [-0.25, -0.2) is 4.79 Å². The van der Waals surface area contributed by atoms with E-state index in [-0.39, 0.29) is 12.5 Å². The topological polar surface area (TPSA) is 73.3 Å². The van der Waals surface area contributed by atoms with Gasteiger partial charge in [0.2, 0.25) is 0 Å². The fourth-order valence-electron chi connectivity index (χ4n) is 3.80. The van der Waals surface area contributed by atoms with Gasteiger partial charge in [-0.1, -0.05) is 0 Å². The van der Waals surface area contributed by atoms with Crippen LogP contribution >= 0.6 is 0 Å². The molecule has 2 saturated heterocycles. The standard InChI is InChI=1S/C20H37N3O4/c1-20(2,3)27-19(26)23-10-7-17(8-11-23)16-22-14-12-21(13-15-22)9-5-4-6-18(24)25/h17H,4-16H2,1-3H3,(H,24,25). The third-order valence-electron chi connectivity index (χ3n) is 5.36. The zero-order valence-corrected chi connectivity index (χ0v) is 17.3. The maximum absolute atomic E-state index is 12.1. The number of hydrogen-bond donors (Lipinski definition) is 1. The number of likely N-dealkylation sites (tertiary alicyclic amines) is 1. The minimum Gasteiger partial charge on any atom is -0.481 e. The van der Waals surface area contributed by atoms with Crippen LogP contribution in [0.3, 0.4) is 0 Å². The zero-order chi connectivity index (χ0) is 19.9. The average Bonchev–Trinajstić information content (AvgIpc) is 2.59. The molecule has 7 heteroatoms. The monoisotopic (exact) mass is 383 g/mol. The molecule has 0 aromatic carbocycles. The summed E-state index contributed by atoms with van der Waals surface area (Å²) in [5.41, 5.74) is -0.429. The van der Waals surface area contributed by atoms with E-state index in [1.54, 1.807) is 0 Å². The van der Waals surface area contributed by atoms with Gasteiger partial charge < -0.3 is 24.5 Å². The molecule has 0 bridgehead atoms. The van der Waals surface area contributed by atoms with Crippen molar-refractivity contribution < 1.29 is 19.4 Å². The van der Waals surface area contributed by atoms with Gasteiger partial charge in [-0.2, -0.15) is 0 Å². The van der Waals surface area contributed by atoms with Crippen LogP contribution in [-0.2, 0) is 9.53 Å². The van der Waals surface area contributed by atoms with Crippen LogP contribution < -0.4 is 0 Å². The van der Waals surface area contributed by atoms with Gasteiger partial charge in [0.15, 0.2) is 0 Å². The summed E-state index contributed by atoms with van der Waals surface area (Å²) in [6, 6.07) is 0. The highest BCUT2D eigenvalue weighted by Crippen LogP contribution is 2.21. The minimum absolute atomic E-state index is 0.183. The summed E-state index contributed by atoms with van der Waals surface area (Å²) in [6.07, 6.45) is 3.93. The van der Waals surface area contributed by atoms with Crippen molar-refractivity contribution in [2.45, 2.75) is 58.5 Å². The number of amides is 1. The SMILES string of the molecule is CC(C)(C)OC(=O)N1CCC(CN2CCN(CCCCC(=O)O)CC2)CC1. The number of unbranched alkanes of at least 4 members (excludes halogenated alkanes) is 1. The Balaban J connectivity index is 1.59. The first-order valence-corrected chi connectivity index (χ1v) is 10.4. The maximum atomic E-state index is 12.1. The molecule has 0 unspecified atom stereocenters. The second-order valence-corrected chi connectivity index (χ2v) is 8.90. The van der Waals surface area contributed by atoms with E-state index in [2.05, 4.69) is 9.80 Å². The molecule has 7 nitrogen and oxygen atoms in total. The Morgan fingerprint density at radius 3 is 2.11 bits per heavy atom. The van der Waals surface area contributed by atoms with Crippen LogP contribution in [0, 0.1) is 5.92 Å². The molecular formula is C20H37N3O4. The molecule has 2 rings (SSSR count). The Morgan fingerprint density at radius 1 is 0.963 bits per heavy atom. The molecular weight excluding hydrogens is 346 g/mol. The van der Waals surface area contributed by atoms with Crippen LogP contribution in [0.5, 0.6) is 0 Å². The maximum Gasteiger partial charge on any atom is 0.410 e. The summed E-state index contributed by atoms with van der Waals surface area (Å²) >= 11 is 0. The number of rotatable bonds is 7. The van der Waals surface area contributed by atoms with E-state index < -0.39 is 11.6 Å². The van der Waals surface area contributed by atoms with Gasteiger partial charge in [0, 0.05) is 52.2 Å². The molecule has 2 aliphatic rings. The van der Waals surface area contributed by atoms with Crippen LogP contribution in [0.15, 0.2) is 0 Å². The number of carboxylic acids is 1. The summed E-state index contributed by atoms with van der Waals surface area (Å²) in [5, 5.41) is 8.69. The number of aliphatic carboxylic acids is 1. The molecule has 2 aliphatic heterocycles. The van der Waals surface area contributed by atoms with Gasteiger partial charge in [0.05, 0.1) is 0 Å². The van der Waals surface area contributed by atoms with Gasteiger partial charge in [-0.05, 0) is 58.9 Å². The first kappa shape index (κ1) is 22.0. The fraction of sp³-hybridized carbons (Fsp3) is 0.900. The first-order valence-electron chi connectivity index (χ1n) is 10.4. The molecule has 1 N–H and O–H groups in total. The van der Waals surface area contributed by atoms with Gasteiger partial charge in [0.1, 0.15) is 5.60 Å². The highest BCUT2D eigenvalue weighted by Gasteiger charge is 2.28. The fourth-order valence-corrected chi connectivity index (χ4v) is 3.80. The molecule has 27 heavy (non-hydrogen) atoms. The Hall–Kier alpha value is -1.34. The lowest BCUT2D eigenvalue weighted by Crippen LogP contribution is -2.49. The van der Waals surface area contributed by atoms with Crippen molar-refractivity contribution >= 4 is 12.1 Å². The van der Waals surface area contributed by atoms with E-state index in [4.69, 9.17) is 9.84 Å². The number of carbonyl (C=O) groups excluding carboxylic acids is 1. The van der Waals surface area contributed by atoms with E-state index in [0.717, 1.165) is 78.0 Å². The second kappa shape index (κ2) is 10.3. The van der Waals surface area contributed by atoms with Crippen LogP contribution in [-0.4, -0.2) is 89.8 Å². The molecule has 0 saturated carbocycles. The smallest absolute Gasteiger partial charge is 0.410 e. The number of carbonyl (C=O) groups is 2. The van der Waals surface area contributed by atoms with Crippen molar-refractivity contribution in [3.05, 3.63) is 0 Å². The van der Waals surface area contributed by atoms with Crippen LogP contribution in [0.2, 0.25) is 0 Å². The lowest BCUT2D eigenvalue weighted by Gasteiger charge is -2.39. The Morgan fingerprint density at radius 2 is 1.56 bits per heavy atom. The van der Waals surface area contributed by atoms with Gasteiger partial charge in [0.25, 0.3) is 0 Å². The second-order valence-electron chi connectivity index (χ2n) is 8.90. The van der Waals surface area contributed by atoms with E-state index in [0.29, 0.717) is 5.92 Å². The van der Waals surface area contributed by atoms with Crippen LogP contribution in [0.1, 0.15) is 52.9 Å². The van der Waals surface area contributed by atoms with Crippen molar-refractivity contribution in [2.24, 2.45) is 5.92 Å². The van der Waals surface area contributed by atoms with E-state index in [1.807, 2.05) is 25.7 Å². The Kier molecular flexibility index (Phi) is 8.35. The Bertz CT molecular complexity index is 476. The van der Waals surface area contributed by atoms with Gasteiger partial charge in [-0.15, -0.1) is 0 Å². The predicted octanol–water partition coefficient (Wildman–Crippen LogP) is 2.51. The van der Waals surface area contributed by atoms with Crippen LogP contribution in [0.25, 0.3) is 0 Å². The number of hydrogen-bond acceptors (Lipinski definition) is 5. The van der Waals surface area contributed by atoms with Crippen molar-refractivity contribution in [1.82, 2.24) is 14.7 Å². The molecule has 0 aromatic heterocycles. The zero-order valence-electron chi connectivity index (χ0n) is 17.3. The van der Waals surface area contributed by atoms with Crippen molar-refractivity contribution in [3.63, 3.8) is 0 Å². The highest BCUT2D eigenvalue weighted by atomic mass is 16.6. The van der Waals surface area contributed by atoms with Crippen molar-refractivity contribution in [2.75, 3.05) is 52.4 Å². The minimum atomic E-state index is -0.697. The summed E-state index contributed by atoms with van der Waals surface area (Å²) in [6.45, 7) is 13.8. The summed E-state index contributed by atoms with van der Waals surface area (Å²) in [7, 11) is 0. The molecule has 0 radical (unpaired) electrons. The summed E-state index contributed by atoms with van der Waals surface area (Å²) < 4.78 is 5.47. The molecule has 2 heterocycles. The molecule has 0 spiro atoms. The van der Waals surface area contributed by atoms with Crippen molar-refractivity contribution in [1.29, 1.82) is 0 Å². The third-order valence-corrected chi connectivity index (χ3v) is 5.36. The molecule has 0 atom stereocenters. The summed E-state index contributed by atoms with van der Waals surface area (Å²) in [4.78, 5) is 29.5. The van der Waals surface area contributed by atoms with Crippen molar-refractivity contribution in [3.8, 4) is 0 Å². The van der Waals surface area contributed by atoms with Gasteiger partial charge >= 0.3 is 12.1 Å². The van der Waals surface area contributed by atoms with Gasteiger partial charge in [-0.3, -0.25) is 4.79 Å². The predicted molar refractivity (Wildman–Crippen MR) is 105 cm³/mol. The molecule has 0 aliphatic carbocycles. The van der Waals surface area contributed by atoms with E-state index in [9.17, 15) is 9.59 Å². The van der Waals surface area contributed by atoms with Crippen LogP contribution in [0.4, 0.5) is 4.79 Å². The number of piperidine rings is 1. The number of piperazine rings is 1.